The number of hydrogen-bond donors (Lipinski definition) is 2. The summed E-state index contributed by atoms with van der Waals surface area (Å²) in [6.45, 7) is 0. The van der Waals surface area contributed by atoms with Crippen molar-refractivity contribution in [3.8, 4) is 0 Å². The molecule has 0 saturated carbocycles. The lowest BCUT2D eigenvalue weighted by atomic mass is 10.5. The van der Waals surface area contributed by atoms with Crippen molar-refractivity contribution in [2.75, 3.05) is 5.73 Å². The number of amides is 1. The van der Waals surface area contributed by atoms with E-state index in [4.69, 9.17) is 11.5 Å². The number of carbonyl (C=O) groups is 1. The van der Waals surface area contributed by atoms with Gasteiger partial charge in [-0.05, 0) is 22.6 Å². The number of anilines is 1. The Morgan fingerprint density at radius 2 is 2.21 bits per heavy atom. The summed E-state index contributed by atoms with van der Waals surface area (Å²) in [5.41, 5.74) is 11.4. The van der Waals surface area contributed by atoms with Crippen LogP contribution in [0.25, 0.3) is 11.2 Å². The Morgan fingerprint density at radius 3 is 2.86 bits per heavy atom. The van der Waals surface area contributed by atoms with E-state index >= 15 is 0 Å². The molecule has 14 heavy (non-hydrogen) atoms. The largest absolute Gasteiger partial charge is 0.368 e. The molecule has 0 aliphatic rings. The number of aromatic nitrogens is 4. The first kappa shape index (κ1) is 9.12. The van der Waals surface area contributed by atoms with Gasteiger partial charge >= 0.3 is 6.03 Å². The van der Waals surface area contributed by atoms with E-state index in [1.54, 1.807) is 0 Å². The average molecular weight is 304 g/mol. The zero-order valence-electron chi connectivity index (χ0n) is 6.81. The molecule has 0 radical (unpaired) electrons. The molecule has 0 aliphatic heterocycles. The Labute approximate surface area is 91.7 Å². The molecular weight excluding hydrogens is 299 g/mol. The molecule has 0 aromatic carbocycles. The third-order valence-corrected chi connectivity index (χ3v) is 2.37. The second-order valence-corrected chi connectivity index (χ2v) is 3.52. The molecule has 2 aromatic rings. The standard InChI is InChI=1S/C6H5IN6O/c7-3-2-4(12-5(8)11-3)10-1-13(2)6(9)14/h1H,(H2,9,14)(H2,8,11,12). The normalized spacial score (nSPS) is 10.6. The van der Waals surface area contributed by atoms with Crippen LogP contribution in [0.4, 0.5) is 10.7 Å². The lowest BCUT2D eigenvalue weighted by molar-refractivity contribution is 0.251. The van der Waals surface area contributed by atoms with Gasteiger partial charge in [-0.2, -0.15) is 4.98 Å². The molecule has 0 saturated heterocycles. The molecule has 72 valence electrons. The number of nitrogens with two attached hydrogens (primary N) is 2. The van der Waals surface area contributed by atoms with Gasteiger partial charge in [-0.1, -0.05) is 0 Å². The highest BCUT2D eigenvalue weighted by molar-refractivity contribution is 14.1. The predicted molar refractivity (Wildman–Crippen MR) is 57.4 cm³/mol. The van der Waals surface area contributed by atoms with Crippen molar-refractivity contribution in [1.82, 2.24) is 19.5 Å². The van der Waals surface area contributed by atoms with Gasteiger partial charge in [0, 0.05) is 0 Å². The number of primary amides is 1. The fourth-order valence-electron chi connectivity index (χ4n) is 1.07. The minimum atomic E-state index is -0.626. The highest BCUT2D eigenvalue weighted by Gasteiger charge is 2.12. The van der Waals surface area contributed by atoms with Gasteiger partial charge in [0.15, 0.2) is 5.65 Å². The fourth-order valence-corrected chi connectivity index (χ4v) is 1.81. The average Bonchev–Trinajstić information content (AvgIpc) is 2.47. The molecule has 1 amide bonds. The van der Waals surface area contributed by atoms with E-state index in [0.717, 1.165) is 0 Å². The first-order valence-corrected chi connectivity index (χ1v) is 4.63. The molecule has 2 aromatic heterocycles. The summed E-state index contributed by atoms with van der Waals surface area (Å²) in [7, 11) is 0. The maximum Gasteiger partial charge on any atom is 0.324 e. The van der Waals surface area contributed by atoms with E-state index in [1.807, 2.05) is 22.6 Å². The van der Waals surface area contributed by atoms with E-state index in [-0.39, 0.29) is 5.95 Å². The van der Waals surface area contributed by atoms with E-state index in [2.05, 4.69) is 15.0 Å². The molecule has 0 bridgehead atoms. The van der Waals surface area contributed by atoms with Gasteiger partial charge in [-0.25, -0.2) is 19.3 Å². The van der Waals surface area contributed by atoms with E-state index < -0.39 is 6.03 Å². The van der Waals surface area contributed by atoms with Crippen LogP contribution in [0, 0.1) is 3.70 Å². The lowest BCUT2D eigenvalue weighted by Gasteiger charge is -1.99. The second-order valence-electron chi connectivity index (χ2n) is 2.50. The molecule has 2 rings (SSSR count). The number of halogens is 1. The van der Waals surface area contributed by atoms with Gasteiger partial charge in [-0.3, -0.25) is 0 Å². The predicted octanol–water partition coefficient (Wildman–Crippen LogP) is -0.0601. The Hall–Kier alpha value is -1.45. The Kier molecular flexibility index (Phi) is 1.98. The SMILES string of the molecule is NC(=O)n1cnc2nc(N)nc(I)c21. The molecule has 2 heterocycles. The minimum absolute atomic E-state index is 0.122. The van der Waals surface area contributed by atoms with Gasteiger partial charge in [-0.15, -0.1) is 0 Å². The first-order valence-electron chi connectivity index (χ1n) is 3.55. The molecule has 7 nitrogen and oxygen atoms in total. The van der Waals surface area contributed by atoms with Gasteiger partial charge in [0.2, 0.25) is 5.95 Å². The second kappa shape index (κ2) is 3.04. The van der Waals surface area contributed by atoms with E-state index in [1.165, 1.54) is 10.9 Å². The number of hydrogen-bond acceptors (Lipinski definition) is 5. The van der Waals surface area contributed by atoms with Crippen molar-refractivity contribution in [2.45, 2.75) is 0 Å². The van der Waals surface area contributed by atoms with Gasteiger partial charge < -0.3 is 11.5 Å². The molecule has 0 atom stereocenters. The summed E-state index contributed by atoms with van der Waals surface area (Å²) in [4.78, 5) is 22.6. The highest BCUT2D eigenvalue weighted by Crippen LogP contribution is 2.16. The number of nitrogens with zero attached hydrogens (tertiary/aromatic N) is 4. The van der Waals surface area contributed by atoms with Crippen molar-refractivity contribution in [3.63, 3.8) is 0 Å². The van der Waals surface area contributed by atoms with Gasteiger partial charge in [0.1, 0.15) is 15.5 Å². The fraction of sp³-hybridized carbons (Fsp3) is 0. The smallest absolute Gasteiger partial charge is 0.324 e. The third-order valence-electron chi connectivity index (χ3n) is 1.61. The molecule has 0 fully saturated rings. The first-order chi connectivity index (χ1) is 6.59. The van der Waals surface area contributed by atoms with Gasteiger partial charge in [0.25, 0.3) is 0 Å². The van der Waals surface area contributed by atoms with Crippen molar-refractivity contribution in [3.05, 3.63) is 10.0 Å². The highest BCUT2D eigenvalue weighted by atomic mass is 127. The summed E-state index contributed by atoms with van der Waals surface area (Å²) >= 11 is 1.94. The van der Waals surface area contributed by atoms with Crippen molar-refractivity contribution >= 4 is 45.7 Å². The number of rotatable bonds is 0. The summed E-state index contributed by atoms with van der Waals surface area (Å²) in [5, 5.41) is 0. The maximum atomic E-state index is 11.0. The van der Waals surface area contributed by atoms with Crippen LogP contribution >= 0.6 is 22.6 Å². The van der Waals surface area contributed by atoms with Gasteiger partial charge in [0.05, 0.1) is 0 Å². The number of fused-ring (bicyclic) bond motifs is 1. The molecular formula is C6H5IN6O. The van der Waals surface area contributed by atoms with Crippen molar-refractivity contribution < 1.29 is 4.79 Å². The topological polar surface area (TPSA) is 113 Å². The number of imidazole rings is 1. The Balaban J connectivity index is 2.85. The summed E-state index contributed by atoms with van der Waals surface area (Å²) in [5.74, 6) is 0.122. The third kappa shape index (κ3) is 1.27. The summed E-state index contributed by atoms with van der Waals surface area (Å²) < 4.78 is 1.72. The van der Waals surface area contributed by atoms with Crippen LogP contribution in [0.3, 0.4) is 0 Å². The number of carbonyl (C=O) groups excluding carboxylic acids is 1. The van der Waals surface area contributed by atoms with Crippen molar-refractivity contribution in [1.29, 1.82) is 0 Å². The summed E-state index contributed by atoms with van der Waals surface area (Å²) in [6, 6.07) is -0.626. The summed E-state index contributed by atoms with van der Waals surface area (Å²) in [6.07, 6.45) is 1.29. The van der Waals surface area contributed by atoms with Crippen LogP contribution in [-0.4, -0.2) is 25.6 Å². The van der Waals surface area contributed by atoms with Crippen LogP contribution < -0.4 is 11.5 Å². The van der Waals surface area contributed by atoms with E-state index in [9.17, 15) is 4.79 Å². The van der Waals surface area contributed by atoms with Crippen molar-refractivity contribution in [2.24, 2.45) is 5.73 Å². The Morgan fingerprint density at radius 1 is 1.50 bits per heavy atom. The molecule has 0 unspecified atom stereocenters. The van der Waals surface area contributed by atoms with E-state index in [0.29, 0.717) is 14.9 Å². The lowest BCUT2D eigenvalue weighted by Crippen LogP contribution is -2.19. The van der Waals surface area contributed by atoms with Crippen LogP contribution in [0.5, 0.6) is 0 Å². The molecule has 4 N–H and O–H groups in total. The molecule has 0 aliphatic carbocycles. The monoisotopic (exact) mass is 304 g/mol. The van der Waals surface area contributed by atoms with Crippen LogP contribution in [0.15, 0.2) is 6.33 Å². The number of nitrogen functional groups attached to an aromatic ring is 1. The molecule has 0 spiro atoms. The quantitative estimate of drug-likeness (QED) is 0.523. The maximum absolute atomic E-state index is 11.0. The minimum Gasteiger partial charge on any atom is -0.368 e. The Bertz CT molecular complexity index is 520. The van der Waals surface area contributed by atoms with Crippen LogP contribution in [0.1, 0.15) is 0 Å². The zero-order valence-corrected chi connectivity index (χ0v) is 8.96. The zero-order chi connectivity index (χ0) is 10.3. The van der Waals surface area contributed by atoms with Crippen LogP contribution in [-0.2, 0) is 0 Å². The molecule has 8 heteroatoms. The van der Waals surface area contributed by atoms with Crippen LogP contribution in [0.2, 0.25) is 0 Å².